The third kappa shape index (κ3) is 3.32. The van der Waals surface area contributed by atoms with Crippen molar-refractivity contribution >= 4 is 34.4 Å². The minimum atomic E-state index is -0.944. The molecule has 1 unspecified atom stereocenters. The lowest BCUT2D eigenvalue weighted by atomic mass is 10.1. The number of amides is 3. The van der Waals surface area contributed by atoms with Gasteiger partial charge in [-0.05, 0) is 24.3 Å². The second kappa shape index (κ2) is 7.15. The van der Waals surface area contributed by atoms with Crippen LogP contribution in [0.2, 0.25) is 0 Å². The number of nitrogens with zero attached hydrogens (tertiary/aromatic N) is 2. The number of para-hydroxylation sites is 3. The number of fused-ring (bicyclic) bond motifs is 2. The molecule has 4 rings (SSSR count). The number of anilines is 1. The lowest BCUT2D eigenvalue weighted by Gasteiger charge is -2.14. The molecule has 1 aliphatic rings. The summed E-state index contributed by atoms with van der Waals surface area (Å²) in [6, 6.07) is 13.5. The van der Waals surface area contributed by atoms with E-state index in [1.165, 1.54) is 0 Å². The van der Waals surface area contributed by atoms with Gasteiger partial charge in [0.25, 0.3) is 5.91 Å². The number of carbonyl (C=O) groups excluding carboxylic acids is 3. The van der Waals surface area contributed by atoms with Crippen molar-refractivity contribution in [1.29, 1.82) is 0 Å². The fourth-order valence-electron chi connectivity index (χ4n) is 3.24. The van der Waals surface area contributed by atoms with Gasteiger partial charge < -0.3 is 20.5 Å². The molecule has 0 bridgehead atoms. The van der Waals surface area contributed by atoms with Crippen LogP contribution in [0.1, 0.15) is 22.6 Å². The van der Waals surface area contributed by atoms with E-state index in [4.69, 9.17) is 0 Å². The van der Waals surface area contributed by atoms with Gasteiger partial charge in [0, 0.05) is 7.05 Å². The zero-order valence-electron chi connectivity index (χ0n) is 15.2. The van der Waals surface area contributed by atoms with Crippen LogP contribution in [-0.2, 0) is 23.2 Å². The molecule has 8 heteroatoms. The summed E-state index contributed by atoms with van der Waals surface area (Å²) in [5.74, 6) is -0.451. The summed E-state index contributed by atoms with van der Waals surface area (Å²) in [7, 11) is 1.88. The van der Waals surface area contributed by atoms with Gasteiger partial charge in [0.15, 0.2) is 0 Å². The lowest BCUT2D eigenvalue weighted by Crippen LogP contribution is -2.44. The Labute approximate surface area is 160 Å². The van der Waals surface area contributed by atoms with Crippen molar-refractivity contribution in [2.75, 3.05) is 5.32 Å². The second-order valence-corrected chi connectivity index (χ2v) is 6.62. The van der Waals surface area contributed by atoms with Crippen LogP contribution in [0, 0.1) is 0 Å². The van der Waals surface area contributed by atoms with Crippen LogP contribution in [0.4, 0.5) is 5.69 Å². The second-order valence-electron chi connectivity index (χ2n) is 6.62. The molecule has 3 amide bonds. The summed E-state index contributed by atoms with van der Waals surface area (Å²) < 4.78 is 1.91. The summed E-state index contributed by atoms with van der Waals surface area (Å²) >= 11 is 0. The molecule has 1 aliphatic heterocycles. The standard InChI is InChI=1S/C20H19N5O3/c1-25-16-9-5-4-8-14(16)22-17(25)11-21-18(26)10-15-20(28)23-13-7-3-2-6-12(13)19(27)24-15/h2-9,15H,10-11H2,1H3,(H,21,26)(H,23,28)(H,24,27). The van der Waals surface area contributed by atoms with E-state index >= 15 is 0 Å². The van der Waals surface area contributed by atoms with E-state index in [0.717, 1.165) is 11.0 Å². The van der Waals surface area contributed by atoms with E-state index in [1.807, 2.05) is 35.9 Å². The number of carbonyl (C=O) groups is 3. The van der Waals surface area contributed by atoms with Gasteiger partial charge in [-0.2, -0.15) is 0 Å². The molecule has 0 spiro atoms. The number of hydrogen-bond acceptors (Lipinski definition) is 4. The molecule has 0 aliphatic carbocycles. The lowest BCUT2D eigenvalue weighted by molar-refractivity contribution is -0.125. The van der Waals surface area contributed by atoms with E-state index in [0.29, 0.717) is 17.1 Å². The predicted molar refractivity (Wildman–Crippen MR) is 104 cm³/mol. The van der Waals surface area contributed by atoms with Crippen LogP contribution in [0.3, 0.4) is 0 Å². The Balaban J connectivity index is 1.41. The zero-order valence-corrected chi connectivity index (χ0v) is 15.2. The van der Waals surface area contributed by atoms with Crippen molar-refractivity contribution in [1.82, 2.24) is 20.2 Å². The van der Waals surface area contributed by atoms with E-state index < -0.39 is 11.9 Å². The Morgan fingerprint density at radius 1 is 1.14 bits per heavy atom. The average Bonchev–Trinajstić information content (AvgIpc) is 2.96. The van der Waals surface area contributed by atoms with Gasteiger partial charge in [-0.15, -0.1) is 0 Å². The third-order valence-electron chi connectivity index (χ3n) is 4.76. The van der Waals surface area contributed by atoms with Crippen LogP contribution < -0.4 is 16.0 Å². The highest BCUT2D eigenvalue weighted by Gasteiger charge is 2.29. The van der Waals surface area contributed by atoms with Crippen molar-refractivity contribution in [2.45, 2.75) is 19.0 Å². The molecule has 2 aromatic carbocycles. The average molecular weight is 377 g/mol. The first-order valence-electron chi connectivity index (χ1n) is 8.90. The highest BCUT2D eigenvalue weighted by Crippen LogP contribution is 2.19. The van der Waals surface area contributed by atoms with Crippen LogP contribution >= 0.6 is 0 Å². The molecule has 2 heterocycles. The van der Waals surface area contributed by atoms with Crippen LogP contribution in [0.5, 0.6) is 0 Å². The molecule has 8 nitrogen and oxygen atoms in total. The first-order valence-corrected chi connectivity index (χ1v) is 8.90. The van der Waals surface area contributed by atoms with Crippen LogP contribution in [0.15, 0.2) is 48.5 Å². The third-order valence-corrected chi connectivity index (χ3v) is 4.76. The Morgan fingerprint density at radius 3 is 2.71 bits per heavy atom. The first-order chi connectivity index (χ1) is 13.5. The number of aromatic nitrogens is 2. The van der Waals surface area contributed by atoms with Gasteiger partial charge in [-0.3, -0.25) is 14.4 Å². The Hall–Kier alpha value is -3.68. The molecule has 0 fully saturated rings. The smallest absolute Gasteiger partial charge is 0.254 e. The summed E-state index contributed by atoms with van der Waals surface area (Å²) in [6.07, 6.45) is -0.157. The maximum atomic E-state index is 12.4. The molecule has 142 valence electrons. The minimum absolute atomic E-state index is 0.157. The van der Waals surface area contributed by atoms with Crippen molar-refractivity contribution in [3.05, 3.63) is 59.9 Å². The molecule has 0 saturated heterocycles. The molecule has 1 atom stereocenters. The highest BCUT2D eigenvalue weighted by molar-refractivity contribution is 6.10. The highest BCUT2D eigenvalue weighted by atomic mass is 16.2. The number of rotatable bonds is 4. The Bertz CT molecular complexity index is 1090. The summed E-state index contributed by atoms with van der Waals surface area (Å²) in [5.41, 5.74) is 2.63. The Kier molecular flexibility index (Phi) is 4.52. The van der Waals surface area contributed by atoms with Gasteiger partial charge in [0.1, 0.15) is 11.9 Å². The van der Waals surface area contributed by atoms with E-state index in [9.17, 15) is 14.4 Å². The minimum Gasteiger partial charge on any atom is -0.349 e. The quantitative estimate of drug-likeness (QED) is 0.638. The number of nitrogens with one attached hydrogen (secondary N) is 3. The zero-order chi connectivity index (χ0) is 19.7. The fourth-order valence-corrected chi connectivity index (χ4v) is 3.24. The number of hydrogen-bond donors (Lipinski definition) is 3. The van der Waals surface area contributed by atoms with E-state index in [2.05, 4.69) is 20.9 Å². The summed E-state index contributed by atoms with van der Waals surface area (Å²) in [4.78, 5) is 41.6. The summed E-state index contributed by atoms with van der Waals surface area (Å²) in [5, 5.41) is 8.08. The number of benzene rings is 2. The van der Waals surface area contributed by atoms with Crippen molar-refractivity contribution in [2.24, 2.45) is 7.05 Å². The van der Waals surface area contributed by atoms with Crippen molar-refractivity contribution in [3.8, 4) is 0 Å². The van der Waals surface area contributed by atoms with Gasteiger partial charge in [0.2, 0.25) is 11.8 Å². The van der Waals surface area contributed by atoms with Gasteiger partial charge >= 0.3 is 0 Å². The van der Waals surface area contributed by atoms with E-state index in [-0.39, 0.29) is 24.8 Å². The number of imidazole rings is 1. The molecule has 28 heavy (non-hydrogen) atoms. The van der Waals surface area contributed by atoms with Gasteiger partial charge in [-0.25, -0.2) is 4.98 Å². The molecule has 3 aromatic rings. The molecule has 3 N–H and O–H groups in total. The van der Waals surface area contributed by atoms with Gasteiger partial charge in [-0.1, -0.05) is 24.3 Å². The van der Waals surface area contributed by atoms with Crippen LogP contribution in [0.25, 0.3) is 11.0 Å². The maximum Gasteiger partial charge on any atom is 0.254 e. The van der Waals surface area contributed by atoms with Gasteiger partial charge in [0.05, 0.1) is 35.2 Å². The predicted octanol–water partition coefficient (Wildman–Crippen LogP) is 1.33. The number of aryl methyl sites for hydroxylation is 1. The van der Waals surface area contributed by atoms with Crippen LogP contribution in [-0.4, -0.2) is 33.3 Å². The monoisotopic (exact) mass is 377 g/mol. The normalized spacial score (nSPS) is 16.1. The first kappa shape index (κ1) is 17.7. The van der Waals surface area contributed by atoms with Crippen molar-refractivity contribution in [3.63, 3.8) is 0 Å². The topological polar surface area (TPSA) is 105 Å². The van der Waals surface area contributed by atoms with Crippen molar-refractivity contribution < 1.29 is 14.4 Å². The fraction of sp³-hybridized carbons (Fsp3) is 0.200. The largest absolute Gasteiger partial charge is 0.349 e. The Morgan fingerprint density at radius 2 is 1.89 bits per heavy atom. The molecular weight excluding hydrogens is 358 g/mol. The summed E-state index contributed by atoms with van der Waals surface area (Å²) in [6.45, 7) is 0.229. The maximum absolute atomic E-state index is 12.4. The van der Waals surface area contributed by atoms with E-state index in [1.54, 1.807) is 24.3 Å². The molecule has 0 saturated carbocycles. The SMILES string of the molecule is Cn1c(CNC(=O)CC2NC(=O)c3ccccc3NC2=O)nc2ccccc21. The molecular formula is C20H19N5O3. The molecule has 1 aromatic heterocycles. The molecule has 0 radical (unpaired) electrons.